The first-order chi connectivity index (χ1) is 10.4. The summed E-state index contributed by atoms with van der Waals surface area (Å²) in [4.78, 5) is 15.6. The zero-order chi connectivity index (χ0) is 16.5. The molecule has 0 unspecified atom stereocenters. The van der Waals surface area contributed by atoms with Crippen LogP contribution >= 0.6 is 12.4 Å². The van der Waals surface area contributed by atoms with Crippen LogP contribution in [0.25, 0.3) is 0 Å². The molecule has 0 bridgehead atoms. The van der Waals surface area contributed by atoms with Gasteiger partial charge in [0.05, 0.1) is 5.92 Å². The molecule has 0 spiro atoms. The number of unbranched alkanes of at least 4 members (excludes halogenated alkanes) is 1. The highest BCUT2D eigenvalue weighted by Gasteiger charge is 2.17. The predicted molar refractivity (Wildman–Crippen MR) is 98.7 cm³/mol. The van der Waals surface area contributed by atoms with Crippen LogP contribution in [0.5, 0.6) is 0 Å². The van der Waals surface area contributed by atoms with E-state index in [9.17, 15) is 4.79 Å². The van der Waals surface area contributed by atoms with Crippen LogP contribution in [0.3, 0.4) is 0 Å². The minimum absolute atomic E-state index is 0. The maximum absolute atomic E-state index is 11.7. The highest BCUT2D eigenvalue weighted by Crippen LogP contribution is 2.23. The van der Waals surface area contributed by atoms with E-state index in [2.05, 4.69) is 31.0 Å². The number of amides is 1. The molecule has 0 radical (unpaired) electrons. The van der Waals surface area contributed by atoms with E-state index in [0.29, 0.717) is 12.5 Å². The number of rotatable bonds is 9. The molecule has 130 valence electrons. The van der Waals surface area contributed by atoms with Gasteiger partial charge in [-0.3, -0.25) is 9.79 Å². The van der Waals surface area contributed by atoms with Crippen molar-refractivity contribution in [2.24, 2.45) is 28.1 Å². The number of nitrogens with zero attached hydrogens (tertiary/aromatic N) is 1. The van der Waals surface area contributed by atoms with Gasteiger partial charge in [-0.05, 0) is 36.3 Å². The first kappa shape index (κ1) is 21.2. The Morgan fingerprint density at radius 2 is 1.70 bits per heavy atom. The Hall–Kier alpha value is -1.75. The van der Waals surface area contributed by atoms with Crippen molar-refractivity contribution >= 4 is 24.3 Å². The lowest BCUT2D eigenvalue weighted by Crippen LogP contribution is -2.23. The van der Waals surface area contributed by atoms with Crippen LogP contribution in [0.15, 0.2) is 29.3 Å². The molecule has 0 aromatic heterocycles. The maximum Gasteiger partial charge on any atom is 0.224 e. The van der Waals surface area contributed by atoms with Gasteiger partial charge in [0.15, 0.2) is 5.96 Å². The van der Waals surface area contributed by atoms with Crippen LogP contribution in [0.1, 0.15) is 50.2 Å². The first-order valence-corrected chi connectivity index (χ1v) is 7.83. The predicted octanol–water partition coefficient (Wildman–Crippen LogP) is 2.32. The summed E-state index contributed by atoms with van der Waals surface area (Å²) >= 11 is 0. The first-order valence-electron chi connectivity index (χ1n) is 7.83. The molecular formula is C17H29ClN4O. The van der Waals surface area contributed by atoms with Gasteiger partial charge in [0, 0.05) is 6.54 Å². The second-order valence-corrected chi connectivity index (χ2v) is 6.10. The summed E-state index contributed by atoms with van der Waals surface area (Å²) in [5, 5.41) is 0. The average molecular weight is 341 g/mol. The van der Waals surface area contributed by atoms with E-state index in [-0.39, 0.29) is 30.2 Å². The molecule has 5 nitrogen and oxygen atoms in total. The van der Waals surface area contributed by atoms with Crippen LogP contribution in [-0.2, 0) is 11.2 Å². The normalized spacial score (nSPS) is 11.6. The number of benzene rings is 1. The van der Waals surface area contributed by atoms with Gasteiger partial charge in [-0.15, -0.1) is 12.4 Å². The zero-order valence-electron chi connectivity index (χ0n) is 14.0. The van der Waals surface area contributed by atoms with Crippen molar-refractivity contribution in [1.82, 2.24) is 0 Å². The molecule has 1 rings (SSSR count). The minimum Gasteiger partial charge on any atom is -0.370 e. The van der Waals surface area contributed by atoms with Crippen molar-refractivity contribution in [2.45, 2.75) is 45.4 Å². The Morgan fingerprint density at radius 3 is 2.17 bits per heavy atom. The molecule has 1 aromatic carbocycles. The van der Waals surface area contributed by atoms with Crippen molar-refractivity contribution in [3.05, 3.63) is 35.4 Å². The monoisotopic (exact) mass is 340 g/mol. The topological polar surface area (TPSA) is 107 Å². The Labute approximate surface area is 145 Å². The fourth-order valence-corrected chi connectivity index (χ4v) is 2.50. The molecule has 6 N–H and O–H groups in total. The fraction of sp³-hybridized carbons (Fsp3) is 0.529. The lowest BCUT2D eigenvalue weighted by molar-refractivity contribution is -0.119. The molecule has 1 aromatic rings. The third-order valence-corrected chi connectivity index (χ3v) is 3.56. The summed E-state index contributed by atoms with van der Waals surface area (Å²) in [6.45, 7) is 4.97. The Morgan fingerprint density at radius 1 is 1.09 bits per heavy atom. The molecule has 6 heteroatoms. The summed E-state index contributed by atoms with van der Waals surface area (Å²) in [6.07, 6.45) is 3.46. The Balaban J connectivity index is 0.00000484. The van der Waals surface area contributed by atoms with E-state index in [0.717, 1.165) is 31.2 Å². The number of hydrogen-bond donors (Lipinski definition) is 3. The summed E-state index contributed by atoms with van der Waals surface area (Å²) < 4.78 is 0. The number of primary amides is 1. The van der Waals surface area contributed by atoms with Crippen molar-refractivity contribution in [3.63, 3.8) is 0 Å². The molecule has 0 saturated carbocycles. The highest BCUT2D eigenvalue weighted by atomic mass is 35.5. The molecular weight excluding hydrogens is 312 g/mol. The Kier molecular flexibility index (Phi) is 10.1. The van der Waals surface area contributed by atoms with Gasteiger partial charge in [-0.25, -0.2) is 0 Å². The van der Waals surface area contributed by atoms with Crippen molar-refractivity contribution < 1.29 is 4.79 Å². The summed E-state index contributed by atoms with van der Waals surface area (Å²) in [5.74, 6) is 0.200. The number of hydrogen-bond acceptors (Lipinski definition) is 2. The Bertz CT molecular complexity index is 496. The molecule has 0 aliphatic carbocycles. The molecule has 0 aliphatic rings. The SMILES string of the molecule is CC(C)Cc1ccc([C@@H](CCCCN=C(N)N)C(N)=O)cc1.Cl. The van der Waals surface area contributed by atoms with Gasteiger partial charge in [0.2, 0.25) is 5.91 Å². The minimum atomic E-state index is -0.279. The number of aliphatic imine (C=N–C) groups is 1. The second kappa shape index (κ2) is 10.9. The van der Waals surface area contributed by atoms with Crippen molar-refractivity contribution in [3.8, 4) is 0 Å². The second-order valence-electron chi connectivity index (χ2n) is 6.10. The van der Waals surface area contributed by atoms with Crippen LogP contribution < -0.4 is 17.2 Å². The molecule has 23 heavy (non-hydrogen) atoms. The van der Waals surface area contributed by atoms with Gasteiger partial charge in [-0.1, -0.05) is 44.5 Å². The van der Waals surface area contributed by atoms with E-state index >= 15 is 0 Å². The number of nitrogens with two attached hydrogens (primary N) is 3. The molecule has 0 saturated heterocycles. The van der Waals surface area contributed by atoms with Crippen LogP contribution in [0.4, 0.5) is 0 Å². The highest BCUT2D eigenvalue weighted by molar-refractivity contribution is 5.85. The lowest BCUT2D eigenvalue weighted by Gasteiger charge is -2.14. The number of halogens is 1. The van der Waals surface area contributed by atoms with Gasteiger partial charge < -0.3 is 17.2 Å². The third kappa shape index (κ3) is 8.45. The average Bonchev–Trinajstić information content (AvgIpc) is 2.42. The summed E-state index contributed by atoms with van der Waals surface area (Å²) in [6, 6.07) is 8.21. The van der Waals surface area contributed by atoms with E-state index in [1.807, 2.05) is 12.1 Å². The molecule has 0 fully saturated rings. The van der Waals surface area contributed by atoms with Crippen LogP contribution in [-0.4, -0.2) is 18.4 Å². The third-order valence-electron chi connectivity index (χ3n) is 3.56. The molecule has 0 heterocycles. The van der Waals surface area contributed by atoms with Crippen molar-refractivity contribution in [2.75, 3.05) is 6.54 Å². The van der Waals surface area contributed by atoms with E-state index in [4.69, 9.17) is 17.2 Å². The summed E-state index contributed by atoms with van der Waals surface area (Å²) in [5.41, 5.74) is 18.4. The van der Waals surface area contributed by atoms with Gasteiger partial charge >= 0.3 is 0 Å². The standard InChI is InChI=1S/C17H28N4O.ClH/c1-12(2)11-13-6-8-14(9-7-13)15(16(18)22)5-3-4-10-21-17(19)20;/h6-9,12,15H,3-5,10-11H2,1-2H3,(H2,18,22)(H4,19,20,21);1H/t15-;/m1./s1. The van der Waals surface area contributed by atoms with Gasteiger partial charge in [0.1, 0.15) is 0 Å². The van der Waals surface area contributed by atoms with E-state index in [1.54, 1.807) is 0 Å². The quantitative estimate of drug-likeness (QED) is 0.364. The number of carbonyl (C=O) groups excluding carboxylic acids is 1. The fourth-order valence-electron chi connectivity index (χ4n) is 2.50. The molecule has 1 amide bonds. The van der Waals surface area contributed by atoms with Crippen LogP contribution in [0.2, 0.25) is 0 Å². The van der Waals surface area contributed by atoms with Gasteiger partial charge in [-0.2, -0.15) is 0 Å². The van der Waals surface area contributed by atoms with E-state index < -0.39 is 0 Å². The number of carbonyl (C=O) groups is 1. The van der Waals surface area contributed by atoms with Crippen LogP contribution in [0, 0.1) is 5.92 Å². The maximum atomic E-state index is 11.7. The zero-order valence-corrected chi connectivity index (χ0v) is 14.8. The van der Waals surface area contributed by atoms with Crippen molar-refractivity contribution in [1.29, 1.82) is 0 Å². The lowest BCUT2D eigenvalue weighted by atomic mass is 9.91. The summed E-state index contributed by atoms with van der Waals surface area (Å²) in [7, 11) is 0. The molecule has 1 atom stereocenters. The number of guanidine groups is 1. The van der Waals surface area contributed by atoms with E-state index in [1.165, 1.54) is 5.56 Å². The smallest absolute Gasteiger partial charge is 0.224 e. The largest absolute Gasteiger partial charge is 0.370 e. The molecule has 0 aliphatic heterocycles. The van der Waals surface area contributed by atoms with Gasteiger partial charge in [0.25, 0.3) is 0 Å².